The first kappa shape index (κ1) is 12.7. The summed E-state index contributed by atoms with van der Waals surface area (Å²) >= 11 is 0. The van der Waals surface area contributed by atoms with Crippen molar-refractivity contribution in [3.8, 4) is 0 Å². The van der Waals surface area contributed by atoms with E-state index in [4.69, 9.17) is 5.11 Å². The largest absolute Gasteiger partial charge is 0.392 e. The number of sulfonamides is 1. The van der Waals surface area contributed by atoms with Gasteiger partial charge in [0.1, 0.15) is 0 Å². The Balaban J connectivity index is 2.13. The van der Waals surface area contributed by atoms with Crippen LogP contribution < -0.4 is 4.72 Å². The molecule has 0 unspecified atom stereocenters. The van der Waals surface area contributed by atoms with E-state index < -0.39 is 10.0 Å². The second-order valence-electron chi connectivity index (χ2n) is 3.73. The molecule has 2 rings (SSSR count). The number of hydrogen-bond acceptors (Lipinski definition) is 5. The van der Waals surface area contributed by atoms with E-state index in [-0.39, 0.29) is 23.7 Å². The van der Waals surface area contributed by atoms with Crippen molar-refractivity contribution in [2.24, 2.45) is 7.05 Å². The molecule has 98 valence electrons. The zero-order valence-corrected chi connectivity index (χ0v) is 10.5. The maximum Gasteiger partial charge on any atom is 0.258 e. The lowest BCUT2D eigenvalue weighted by Gasteiger charge is -2.04. The number of aliphatic hydroxyl groups is 1. The number of aryl methyl sites for hydroxylation is 1. The van der Waals surface area contributed by atoms with Crippen molar-refractivity contribution in [3.63, 3.8) is 0 Å². The average molecular weight is 271 g/mol. The van der Waals surface area contributed by atoms with Gasteiger partial charge in [-0.1, -0.05) is 0 Å². The van der Waals surface area contributed by atoms with Crippen molar-refractivity contribution in [1.29, 1.82) is 0 Å². The standard InChI is InChI=1S/C9H13N5O3S/c1-14-5-7(2-11-14)3-12-18(16,17)9-8(6-15)4-10-13-9/h2,4-5,12,15H,3,6H2,1H3,(H,10,13). The van der Waals surface area contributed by atoms with E-state index in [9.17, 15) is 8.42 Å². The van der Waals surface area contributed by atoms with Crippen molar-refractivity contribution >= 4 is 10.0 Å². The van der Waals surface area contributed by atoms with Crippen molar-refractivity contribution in [2.45, 2.75) is 18.2 Å². The Morgan fingerprint density at radius 1 is 1.50 bits per heavy atom. The van der Waals surface area contributed by atoms with Crippen LogP contribution in [0.4, 0.5) is 0 Å². The number of hydrogen-bond donors (Lipinski definition) is 3. The van der Waals surface area contributed by atoms with Crippen molar-refractivity contribution in [3.05, 3.63) is 29.7 Å². The third kappa shape index (κ3) is 2.58. The van der Waals surface area contributed by atoms with Gasteiger partial charge in [0.2, 0.25) is 0 Å². The summed E-state index contributed by atoms with van der Waals surface area (Å²) in [5, 5.41) is 18.8. The highest BCUT2D eigenvalue weighted by molar-refractivity contribution is 7.89. The normalized spacial score (nSPS) is 11.9. The molecule has 0 saturated heterocycles. The lowest BCUT2D eigenvalue weighted by molar-refractivity contribution is 0.278. The predicted molar refractivity (Wildman–Crippen MR) is 61.7 cm³/mol. The molecule has 8 nitrogen and oxygen atoms in total. The van der Waals surface area contributed by atoms with Crippen LogP contribution in [0.3, 0.4) is 0 Å². The summed E-state index contributed by atoms with van der Waals surface area (Å²) in [6, 6.07) is 0. The number of nitrogens with one attached hydrogen (secondary N) is 2. The number of rotatable bonds is 5. The summed E-state index contributed by atoms with van der Waals surface area (Å²) in [6.45, 7) is -0.264. The molecule has 3 N–H and O–H groups in total. The van der Waals surface area contributed by atoms with Gasteiger partial charge in [0.15, 0.2) is 5.03 Å². The van der Waals surface area contributed by atoms with Crippen LogP contribution in [0.2, 0.25) is 0 Å². The Kier molecular flexibility index (Phi) is 3.45. The molecular formula is C9H13N5O3S. The van der Waals surface area contributed by atoms with Gasteiger partial charge in [-0.2, -0.15) is 10.2 Å². The number of nitrogens with zero attached hydrogens (tertiary/aromatic N) is 3. The van der Waals surface area contributed by atoms with E-state index >= 15 is 0 Å². The summed E-state index contributed by atoms with van der Waals surface area (Å²) in [4.78, 5) is 0. The topological polar surface area (TPSA) is 113 Å². The van der Waals surface area contributed by atoms with Gasteiger partial charge in [-0.05, 0) is 0 Å². The highest BCUT2D eigenvalue weighted by Crippen LogP contribution is 2.11. The molecule has 0 atom stereocenters. The lowest BCUT2D eigenvalue weighted by Crippen LogP contribution is -2.24. The zero-order chi connectivity index (χ0) is 13.2. The van der Waals surface area contributed by atoms with Crippen LogP contribution in [0.1, 0.15) is 11.1 Å². The van der Waals surface area contributed by atoms with Crippen LogP contribution in [0.5, 0.6) is 0 Å². The summed E-state index contributed by atoms with van der Waals surface area (Å²) in [6.07, 6.45) is 4.56. The predicted octanol–water partition coefficient (Wildman–Crippen LogP) is -0.886. The maximum absolute atomic E-state index is 11.9. The van der Waals surface area contributed by atoms with Crippen LogP contribution >= 0.6 is 0 Å². The third-order valence-corrected chi connectivity index (χ3v) is 3.76. The summed E-state index contributed by atoms with van der Waals surface area (Å²) < 4.78 is 27.8. The molecule has 2 aromatic heterocycles. The van der Waals surface area contributed by atoms with Crippen molar-refractivity contribution < 1.29 is 13.5 Å². The molecule has 0 radical (unpaired) electrons. The molecule has 0 aliphatic heterocycles. The Morgan fingerprint density at radius 3 is 2.89 bits per heavy atom. The Morgan fingerprint density at radius 2 is 2.28 bits per heavy atom. The van der Waals surface area contributed by atoms with Gasteiger partial charge in [0.05, 0.1) is 19.0 Å². The lowest BCUT2D eigenvalue weighted by atomic mass is 10.4. The van der Waals surface area contributed by atoms with E-state index in [1.807, 2.05) is 0 Å². The highest BCUT2D eigenvalue weighted by Gasteiger charge is 2.20. The minimum Gasteiger partial charge on any atom is -0.392 e. The molecule has 0 amide bonds. The Hall–Kier alpha value is -1.71. The van der Waals surface area contributed by atoms with Crippen LogP contribution in [-0.4, -0.2) is 33.5 Å². The minimum atomic E-state index is -3.71. The molecule has 0 spiro atoms. The van der Waals surface area contributed by atoms with Crippen LogP contribution in [0.25, 0.3) is 0 Å². The van der Waals surface area contributed by atoms with E-state index in [1.54, 1.807) is 24.1 Å². The SMILES string of the molecule is Cn1cc(CNS(=O)(=O)c2[nH]ncc2CO)cn1. The maximum atomic E-state index is 11.9. The summed E-state index contributed by atoms with van der Waals surface area (Å²) in [5.74, 6) is 0. The van der Waals surface area contributed by atoms with Crippen LogP contribution in [0.15, 0.2) is 23.6 Å². The first-order valence-corrected chi connectivity index (χ1v) is 6.61. The van der Waals surface area contributed by atoms with Crippen LogP contribution in [0, 0.1) is 0 Å². The van der Waals surface area contributed by atoms with Gasteiger partial charge in [-0.25, -0.2) is 13.1 Å². The molecule has 0 bridgehead atoms. The minimum absolute atomic E-state index is 0.117. The Labute approximate surface area is 104 Å². The van der Waals surface area contributed by atoms with Gasteiger partial charge >= 0.3 is 0 Å². The first-order chi connectivity index (χ1) is 8.53. The van der Waals surface area contributed by atoms with Crippen LogP contribution in [-0.2, 0) is 30.2 Å². The average Bonchev–Trinajstić information content (AvgIpc) is 2.95. The van der Waals surface area contributed by atoms with Gasteiger partial charge in [0.25, 0.3) is 10.0 Å². The molecule has 0 fully saturated rings. The highest BCUT2D eigenvalue weighted by atomic mass is 32.2. The molecule has 9 heteroatoms. The van der Waals surface area contributed by atoms with Gasteiger partial charge < -0.3 is 5.11 Å². The number of aromatic amines is 1. The molecule has 0 saturated carbocycles. The summed E-state index contributed by atoms with van der Waals surface area (Å²) in [7, 11) is -1.97. The molecular weight excluding hydrogens is 258 g/mol. The third-order valence-electron chi connectivity index (χ3n) is 2.34. The first-order valence-electron chi connectivity index (χ1n) is 5.13. The quantitative estimate of drug-likeness (QED) is 0.653. The molecule has 0 aliphatic rings. The van der Waals surface area contributed by atoms with E-state index in [1.165, 1.54) is 6.20 Å². The molecule has 18 heavy (non-hydrogen) atoms. The molecule has 2 aromatic rings. The van der Waals surface area contributed by atoms with E-state index in [0.717, 1.165) is 5.56 Å². The van der Waals surface area contributed by atoms with Crippen molar-refractivity contribution in [2.75, 3.05) is 0 Å². The van der Waals surface area contributed by atoms with E-state index in [0.29, 0.717) is 0 Å². The van der Waals surface area contributed by atoms with Gasteiger partial charge in [-0.15, -0.1) is 0 Å². The molecule has 0 aliphatic carbocycles. The number of aliphatic hydroxyl groups excluding tert-OH is 1. The zero-order valence-electron chi connectivity index (χ0n) is 9.66. The van der Waals surface area contributed by atoms with E-state index in [2.05, 4.69) is 20.0 Å². The Bertz CT molecular complexity index is 630. The second-order valence-corrected chi connectivity index (χ2v) is 5.43. The fourth-order valence-electron chi connectivity index (χ4n) is 1.46. The smallest absolute Gasteiger partial charge is 0.258 e. The van der Waals surface area contributed by atoms with Gasteiger partial charge in [-0.3, -0.25) is 9.78 Å². The molecule has 0 aromatic carbocycles. The van der Waals surface area contributed by atoms with Crippen molar-refractivity contribution in [1.82, 2.24) is 24.7 Å². The molecule has 2 heterocycles. The fraction of sp³-hybridized carbons (Fsp3) is 0.333. The summed E-state index contributed by atoms with van der Waals surface area (Å²) in [5.41, 5.74) is 0.972. The second kappa shape index (κ2) is 4.88. The van der Waals surface area contributed by atoms with Gasteiger partial charge in [0, 0.05) is 30.9 Å². The monoisotopic (exact) mass is 271 g/mol. The fourth-order valence-corrected chi connectivity index (χ4v) is 2.59. The number of H-pyrrole nitrogens is 1. The number of aromatic nitrogens is 4.